The van der Waals surface area contributed by atoms with E-state index in [1.54, 1.807) is 0 Å². The van der Waals surface area contributed by atoms with Crippen LogP contribution in [0.25, 0.3) is 0 Å². The maximum atomic E-state index is 5.84. The van der Waals surface area contributed by atoms with Gasteiger partial charge in [0.2, 0.25) is 0 Å². The normalized spacial score (nSPS) is 17.9. The quantitative estimate of drug-likeness (QED) is 0.896. The van der Waals surface area contributed by atoms with Crippen molar-refractivity contribution < 1.29 is 4.74 Å². The van der Waals surface area contributed by atoms with E-state index in [1.165, 1.54) is 11.1 Å². The summed E-state index contributed by atoms with van der Waals surface area (Å²) in [6, 6.07) is 17.2. The highest BCUT2D eigenvalue weighted by molar-refractivity contribution is 9.10. The van der Waals surface area contributed by atoms with Crippen molar-refractivity contribution in [1.82, 2.24) is 5.32 Å². The zero-order valence-electron chi connectivity index (χ0n) is 11.3. The second-order valence-corrected chi connectivity index (χ2v) is 6.01. The Labute approximate surface area is 128 Å². The average molecular weight is 332 g/mol. The second kappa shape index (κ2) is 6.42. The number of nitrogens with one attached hydrogen (secondary N) is 1. The largest absolute Gasteiger partial charge is 0.493 e. The van der Waals surface area contributed by atoms with Crippen LogP contribution < -0.4 is 10.1 Å². The van der Waals surface area contributed by atoms with Crippen molar-refractivity contribution in [3.05, 3.63) is 64.1 Å². The topological polar surface area (TPSA) is 21.3 Å². The SMILES string of the molecule is Brc1ccc2c(c1)OCCCC2NCc1ccccc1. The Bertz CT molecular complexity index is 570. The third kappa shape index (κ3) is 3.22. The molecule has 0 amide bonds. The molecule has 1 N–H and O–H groups in total. The van der Waals surface area contributed by atoms with E-state index in [-0.39, 0.29) is 0 Å². The predicted octanol–water partition coefficient (Wildman–Crippen LogP) is 4.45. The van der Waals surface area contributed by atoms with Gasteiger partial charge in [0.25, 0.3) is 0 Å². The van der Waals surface area contributed by atoms with Crippen LogP contribution in [0, 0.1) is 0 Å². The number of rotatable bonds is 3. The fourth-order valence-electron chi connectivity index (χ4n) is 2.60. The zero-order valence-corrected chi connectivity index (χ0v) is 12.9. The molecule has 1 aliphatic heterocycles. The van der Waals surface area contributed by atoms with Gasteiger partial charge in [-0.3, -0.25) is 0 Å². The molecule has 1 atom stereocenters. The van der Waals surface area contributed by atoms with Gasteiger partial charge in [0, 0.05) is 22.6 Å². The summed E-state index contributed by atoms with van der Waals surface area (Å²) in [4.78, 5) is 0. The van der Waals surface area contributed by atoms with Crippen molar-refractivity contribution in [2.24, 2.45) is 0 Å². The second-order valence-electron chi connectivity index (χ2n) is 5.09. The van der Waals surface area contributed by atoms with Crippen molar-refractivity contribution in [3.63, 3.8) is 0 Å². The molecule has 20 heavy (non-hydrogen) atoms. The van der Waals surface area contributed by atoms with Crippen LogP contribution in [0.15, 0.2) is 53.0 Å². The molecule has 2 nitrogen and oxygen atoms in total. The molecule has 0 saturated carbocycles. The summed E-state index contributed by atoms with van der Waals surface area (Å²) in [6.07, 6.45) is 2.19. The molecule has 0 aliphatic carbocycles. The van der Waals surface area contributed by atoms with E-state index < -0.39 is 0 Å². The summed E-state index contributed by atoms with van der Waals surface area (Å²) in [7, 11) is 0. The zero-order chi connectivity index (χ0) is 13.8. The Morgan fingerprint density at radius 2 is 2.00 bits per heavy atom. The molecule has 2 aromatic carbocycles. The summed E-state index contributed by atoms with van der Waals surface area (Å²) in [5, 5.41) is 3.66. The smallest absolute Gasteiger partial charge is 0.125 e. The van der Waals surface area contributed by atoms with Crippen molar-refractivity contribution in [2.45, 2.75) is 25.4 Å². The highest BCUT2D eigenvalue weighted by Crippen LogP contribution is 2.33. The van der Waals surface area contributed by atoms with Gasteiger partial charge in [-0.15, -0.1) is 0 Å². The van der Waals surface area contributed by atoms with Crippen LogP contribution in [0.3, 0.4) is 0 Å². The first-order valence-electron chi connectivity index (χ1n) is 7.02. The number of hydrogen-bond acceptors (Lipinski definition) is 2. The molecule has 0 aromatic heterocycles. The van der Waals surface area contributed by atoms with E-state index in [0.717, 1.165) is 36.2 Å². The molecular formula is C17H18BrNO. The van der Waals surface area contributed by atoms with Gasteiger partial charge in [0.15, 0.2) is 0 Å². The van der Waals surface area contributed by atoms with Gasteiger partial charge in [0.05, 0.1) is 6.61 Å². The van der Waals surface area contributed by atoms with E-state index in [9.17, 15) is 0 Å². The molecule has 0 bridgehead atoms. The van der Waals surface area contributed by atoms with Crippen LogP contribution in [0.4, 0.5) is 0 Å². The van der Waals surface area contributed by atoms with Crippen molar-refractivity contribution in [2.75, 3.05) is 6.61 Å². The molecule has 0 saturated heterocycles. The van der Waals surface area contributed by atoms with Crippen molar-refractivity contribution in [1.29, 1.82) is 0 Å². The van der Waals surface area contributed by atoms with Crippen LogP contribution >= 0.6 is 15.9 Å². The lowest BCUT2D eigenvalue weighted by molar-refractivity contribution is 0.315. The maximum Gasteiger partial charge on any atom is 0.125 e. The summed E-state index contributed by atoms with van der Waals surface area (Å²) >= 11 is 3.51. The first kappa shape index (κ1) is 13.7. The summed E-state index contributed by atoms with van der Waals surface area (Å²) in [5.41, 5.74) is 2.58. The van der Waals surface area contributed by atoms with Gasteiger partial charge in [-0.05, 0) is 30.5 Å². The predicted molar refractivity (Wildman–Crippen MR) is 84.9 cm³/mol. The number of fused-ring (bicyclic) bond motifs is 1. The Hall–Kier alpha value is -1.32. The Morgan fingerprint density at radius 3 is 2.85 bits per heavy atom. The third-order valence-corrected chi connectivity index (χ3v) is 4.13. The van der Waals surface area contributed by atoms with E-state index in [4.69, 9.17) is 4.74 Å². The Morgan fingerprint density at radius 1 is 1.15 bits per heavy atom. The lowest BCUT2D eigenvalue weighted by Crippen LogP contribution is -2.20. The Kier molecular flexibility index (Phi) is 4.38. The standard InChI is InChI=1S/C17H18BrNO/c18-14-8-9-15-16(7-4-10-20-17(15)11-14)19-12-13-5-2-1-3-6-13/h1-3,5-6,8-9,11,16,19H,4,7,10,12H2. The molecular weight excluding hydrogens is 314 g/mol. The molecule has 3 heteroatoms. The minimum absolute atomic E-state index is 0.362. The van der Waals surface area contributed by atoms with Crippen LogP contribution in [0.5, 0.6) is 5.75 Å². The highest BCUT2D eigenvalue weighted by atomic mass is 79.9. The monoisotopic (exact) mass is 331 g/mol. The van der Waals surface area contributed by atoms with Gasteiger partial charge in [-0.1, -0.05) is 52.3 Å². The highest BCUT2D eigenvalue weighted by Gasteiger charge is 2.19. The number of halogens is 1. The number of benzene rings is 2. The van der Waals surface area contributed by atoms with Gasteiger partial charge < -0.3 is 10.1 Å². The minimum atomic E-state index is 0.362. The molecule has 1 unspecified atom stereocenters. The maximum absolute atomic E-state index is 5.84. The summed E-state index contributed by atoms with van der Waals surface area (Å²) in [6.45, 7) is 1.69. The molecule has 1 heterocycles. The number of hydrogen-bond donors (Lipinski definition) is 1. The molecule has 2 aromatic rings. The Balaban J connectivity index is 1.76. The van der Waals surface area contributed by atoms with Crippen molar-refractivity contribution in [3.8, 4) is 5.75 Å². The molecule has 0 fully saturated rings. The molecule has 1 aliphatic rings. The van der Waals surface area contributed by atoms with Crippen LogP contribution in [0.1, 0.15) is 30.0 Å². The van der Waals surface area contributed by atoms with Gasteiger partial charge in [0.1, 0.15) is 5.75 Å². The first-order valence-corrected chi connectivity index (χ1v) is 7.82. The van der Waals surface area contributed by atoms with E-state index in [0.29, 0.717) is 6.04 Å². The summed E-state index contributed by atoms with van der Waals surface area (Å²) < 4.78 is 6.91. The number of ether oxygens (including phenoxy) is 1. The van der Waals surface area contributed by atoms with Crippen LogP contribution in [-0.4, -0.2) is 6.61 Å². The van der Waals surface area contributed by atoms with Gasteiger partial charge in [-0.2, -0.15) is 0 Å². The average Bonchev–Trinajstić information content (AvgIpc) is 2.68. The minimum Gasteiger partial charge on any atom is -0.493 e. The lowest BCUT2D eigenvalue weighted by atomic mass is 10.0. The van der Waals surface area contributed by atoms with Crippen molar-refractivity contribution >= 4 is 15.9 Å². The molecule has 104 valence electrons. The van der Waals surface area contributed by atoms with Crippen LogP contribution in [-0.2, 0) is 6.54 Å². The van der Waals surface area contributed by atoms with E-state index >= 15 is 0 Å². The van der Waals surface area contributed by atoms with Gasteiger partial charge >= 0.3 is 0 Å². The first-order chi connectivity index (χ1) is 9.83. The molecule has 0 radical (unpaired) electrons. The summed E-state index contributed by atoms with van der Waals surface area (Å²) in [5.74, 6) is 1.00. The van der Waals surface area contributed by atoms with Crippen LogP contribution in [0.2, 0.25) is 0 Å². The van der Waals surface area contributed by atoms with Gasteiger partial charge in [-0.25, -0.2) is 0 Å². The fourth-order valence-corrected chi connectivity index (χ4v) is 2.94. The molecule has 3 rings (SSSR count). The molecule has 0 spiro atoms. The van der Waals surface area contributed by atoms with E-state index in [2.05, 4.69) is 69.8 Å². The third-order valence-electron chi connectivity index (χ3n) is 3.64. The lowest BCUT2D eigenvalue weighted by Gasteiger charge is -2.18. The fraction of sp³-hybridized carbons (Fsp3) is 0.294. The van der Waals surface area contributed by atoms with E-state index in [1.807, 2.05) is 0 Å².